The lowest BCUT2D eigenvalue weighted by Crippen LogP contribution is -2.35. The van der Waals surface area contributed by atoms with Crippen LogP contribution < -0.4 is 10.1 Å². The molecule has 4 rings (SSSR count). The molecule has 2 heterocycles. The molecule has 1 N–H and O–H groups in total. The molecule has 3 aromatic rings. The van der Waals surface area contributed by atoms with Gasteiger partial charge in [0.25, 0.3) is 0 Å². The van der Waals surface area contributed by atoms with E-state index in [-0.39, 0.29) is 11.8 Å². The second-order valence-electron chi connectivity index (χ2n) is 7.27. The number of nitrogens with zero attached hydrogens (tertiary/aromatic N) is 2. The van der Waals surface area contributed by atoms with Gasteiger partial charge in [-0.1, -0.05) is 12.1 Å². The van der Waals surface area contributed by atoms with Crippen LogP contribution >= 0.6 is 0 Å². The summed E-state index contributed by atoms with van der Waals surface area (Å²) in [5, 5.41) is 3.11. The monoisotopic (exact) mass is 363 g/mol. The van der Waals surface area contributed by atoms with E-state index in [9.17, 15) is 4.79 Å². The first-order chi connectivity index (χ1) is 13.1. The third-order valence-electron chi connectivity index (χ3n) is 5.38. The lowest BCUT2D eigenvalue weighted by molar-refractivity contribution is -0.125. The molecule has 0 radical (unpaired) electrons. The number of pyridine rings is 1. The van der Waals surface area contributed by atoms with Crippen LogP contribution in [0.25, 0.3) is 5.65 Å². The zero-order valence-electron chi connectivity index (χ0n) is 15.9. The minimum absolute atomic E-state index is 0.0228. The molecular formula is C22H25N3O2. The highest BCUT2D eigenvalue weighted by Crippen LogP contribution is 2.27. The van der Waals surface area contributed by atoms with Gasteiger partial charge in [0, 0.05) is 30.8 Å². The van der Waals surface area contributed by atoms with E-state index in [1.54, 1.807) is 7.11 Å². The van der Waals surface area contributed by atoms with E-state index >= 15 is 0 Å². The van der Waals surface area contributed by atoms with Gasteiger partial charge in [-0.15, -0.1) is 0 Å². The molecule has 0 aliphatic heterocycles. The standard InChI is InChI=1S/C22H25N3O2/c1-15-10-12-25-20-14-17(5-8-19(20)24-21(25)13-15)22(26)23-11-9-16-3-6-18(27-2)7-4-16/h3-4,6-7,10,12-13,17H,5,8-9,11,14H2,1-2H3,(H,23,26). The van der Waals surface area contributed by atoms with Gasteiger partial charge in [0.15, 0.2) is 0 Å². The smallest absolute Gasteiger partial charge is 0.223 e. The van der Waals surface area contributed by atoms with Crippen LogP contribution in [0.2, 0.25) is 0 Å². The summed E-state index contributed by atoms with van der Waals surface area (Å²) < 4.78 is 7.31. The molecule has 0 saturated carbocycles. The number of imidazole rings is 1. The van der Waals surface area contributed by atoms with Crippen molar-refractivity contribution in [1.29, 1.82) is 0 Å². The summed E-state index contributed by atoms with van der Waals surface area (Å²) in [6, 6.07) is 12.2. The van der Waals surface area contributed by atoms with Gasteiger partial charge in [0.1, 0.15) is 11.4 Å². The zero-order chi connectivity index (χ0) is 18.8. The van der Waals surface area contributed by atoms with E-state index in [0.717, 1.165) is 42.8 Å². The summed E-state index contributed by atoms with van der Waals surface area (Å²) in [6.45, 7) is 2.73. The summed E-state index contributed by atoms with van der Waals surface area (Å²) in [5.74, 6) is 1.02. The molecule has 27 heavy (non-hydrogen) atoms. The number of hydrogen-bond donors (Lipinski definition) is 1. The van der Waals surface area contributed by atoms with Gasteiger partial charge in [-0.05, 0) is 61.6 Å². The molecule has 5 nitrogen and oxygen atoms in total. The number of ether oxygens (including phenoxy) is 1. The van der Waals surface area contributed by atoms with Crippen molar-refractivity contribution in [2.45, 2.75) is 32.6 Å². The third-order valence-corrected chi connectivity index (χ3v) is 5.38. The second-order valence-corrected chi connectivity index (χ2v) is 7.27. The van der Waals surface area contributed by atoms with Crippen molar-refractivity contribution in [3.63, 3.8) is 0 Å². The number of rotatable bonds is 5. The van der Waals surface area contributed by atoms with Crippen molar-refractivity contribution in [2.24, 2.45) is 5.92 Å². The Morgan fingerprint density at radius 2 is 2.11 bits per heavy atom. The number of carbonyl (C=O) groups is 1. The van der Waals surface area contributed by atoms with Crippen LogP contribution in [-0.4, -0.2) is 28.9 Å². The predicted molar refractivity (Wildman–Crippen MR) is 105 cm³/mol. The maximum atomic E-state index is 12.6. The number of methoxy groups -OCH3 is 1. The van der Waals surface area contributed by atoms with Crippen LogP contribution in [-0.2, 0) is 24.1 Å². The second kappa shape index (κ2) is 7.43. The van der Waals surface area contributed by atoms with Crippen LogP contribution in [0.3, 0.4) is 0 Å². The van der Waals surface area contributed by atoms with Crippen molar-refractivity contribution in [3.8, 4) is 5.75 Å². The van der Waals surface area contributed by atoms with Crippen molar-refractivity contribution < 1.29 is 9.53 Å². The largest absolute Gasteiger partial charge is 0.497 e. The predicted octanol–water partition coefficient (Wildman–Crippen LogP) is 3.12. The first kappa shape index (κ1) is 17.6. The molecule has 0 saturated heterocycles. The molecule has 0 fully saturated rings. The molecule has 1 aliphatic rings. The van der Waals surface area contributed by atoms with Crippen molar-refractivity contribution in [1.82, 2.24) is 14.7 Å². The SMILES string of the molecule is COc1ccc(CCNC(=O)C2CCc3nc4cc(C)ccn4c3C2)cc1. The average Bonchev–Trinajstić information content (AvgIpc) is 3.05. The minimum atomic E-state index is 0.0228. The Morgan fingerprint density at radius 3 is 2.89 bits per heavy atom. The molecule has 2 aromatic heterocycles. The lowest BCUT2D eigenvalue weighted by Gasteiger charge is -2.21. The highest BCUT2D eigenvalue weighted by atomic mass is 16.5. The van der Waals surface area contributed by atoms with Crippen LogP contribution in [0.4, 0.5) is 0 Å². The van der Waals surface area contributed by atoms with E-state index in [1.807, 2.05) is 24.3 Å². The van der Waals surface area contributed by atoms with E-state index in [2.05, 4.69) is 35.0 Å². The average molecular weight is 363 g/mol. The zero-order valence-corrected chi connectivity index (χ0v) is 15.9. The highest BCUT2D eigenvalue weighted by molar-refractivity contribution is 5.79. The van der Waals surface area contributed by atoms with Crippen molar-refractivity contribution >= 4 is 11.6 Å². The molecule has 1 amide bonds. The van der Waals surface area contributed by atoms with E-state index in [1.165, 1.54) is 16.8 Å². The highest BCUT2D eigenvalue weighted by Gasteiger charge is 2.27. The van der Waals surface area contributed by atoms with Crippen molar-refractivity contribution in [2.75, 3.05) is 13.7 Å². The number of benzene rings is 1. The Balaban J connectivity index is 1.36. The normalized spacial score (nSPS) is 16.1. The summed E-state index contributed by atoms with van der Waals surface area (Å²) in [7, 11) is 1.66. The Hall–Kier alpha value is -2.82. The number of carbonyl (C=O) groups excluding carboxylic acids is 1. The first-order valence-corrected chi connectivity index (χ1v) is 9.51. The number of aryl methyl sites for hydroxylation is 2. The molecule has 140 valence electrons. The van der Waals surface area contributed by atoms with Gasteiger partial charge in [-0.25, -0.2) is 4.98 Å². The van der Waals surface area contributed by atoms with Gasteiger partial charge in [-0.2, -0.15) is 0 Å². The van der Waals surface area contributed by atoms with Crippen LogP contribution in [0.5, 0.6) is 5.75 Å². The van der Waals surface area contributed by atoms with E-state index in [0.29, 0.717) is 6.54 Å². The fraction of sp³-hybridized carbons (Fsp3) is 0.364. The van der Waals surface area contributed by atoms with Crippen LogP contribution in [0.15, 0.2) is 42.6 Å². The molecule has 1 aliphatic carbocycles. The Morgan fingerprint density at radius 1 is 1.30 bits per heavy atom. The molecule has 1 unspecified atom stereocenters. The number of fused-ring (bicyclic) bond motifs is 3. The van der Waals surface area contributed by atoms with Crippen molar-refractivity contribution in [3.05, 3.63) is 65.1 Å². The van der Waals surface area contributed by atoms with Crippen LogP contribution in [0, 0.1) is 12.8 Å². The summed E-state index contributed by atoms with van der Waals surface area (Å²) in [4.78, 5) is 17.4. The summed E-state index contributed by atoms with van der Waals surface area (Å²) in [5.41, 5.74) is 5.71. The Labute approximate surface area is 159 Å². The third kappa shape index (κ3) is 3.68. The number of amides is 1. The summed E-state index contributed by atoms with van der Waals surface area (Å²) in [6.07, 6.45) is 5.38. The molecule has 1 aromatic carbocycles. The number of aromatic nitrogens is 2. The number of hydrogen-bond acceptors (Lipinski definition) is 3. The maximum Gasteiger partial charge on any atom is 0.223 e. The molecule has 1 atom stereocenters. The van der Waals surface area contributed by atoms with Gasteiger partial charge < -0.3 is 14.5 Å². The van der Waals surface area contributed by atoms with Gasteiger partial charge in [-0.3, -0.25) is 4.79 Å². The fourth-order valence-electron chi connectivity index (χ4n) is 3.80. The Bertz CT molecular complexity index is 960. The quantitative estimate of drug-likeness (QED) is 0.758. The van der Waals surface area contributed by atoms with Gasteiger partial charge >= 0.3 is 0 Å². The van der Waals surface area contributed by atoms with E-state index in [4.69, 9.17) is 9.72 Å². The minimum Gasteiger partial charge on any atom is -0.497 e. The fourth-order valence-corrected chi connectivity index (χ4v) is 3.80. The van der Waals surface area contributed by atoms with E-state index < -0.39 is 0 Å². The molecule has 5 heteroatoms. The topological polar surface area (TPSA) is 55.6 Å². The molecular weight excluding hydrogens is 338 g/mol. The first-order valence-electron chi connectivity index (χ1n) is 9.51. The van der Waals surface area contributed by atoms with Gasteiger partial charge in [0.05, 0.1) is 12.8 Å². The molecule has 0 bridgehead atoms. The van der Waals surface area contributed by atoms with Gasteiger partial charge in [0.2, 0.25) is 5.91 Å². The van der Waals surface area contributed by atoms with Crippen LogP contribution in [0.1, 0.15) is 28.9 Å². The maximum absolute atomic E-state index is 12.6. The lowest BCUT2D eigenvalue weighted by atomic mass is 9.89. The number of nitrogens with one attached hydrogen (secondary N) is 1. The Kier molecular flexibility index (Phi) is 4.84. The summed E-state index contributed by atoms with van der Waals surface area (Å²) >= 11 is 0. The molecule has 0 spiro atoms.